The van der Waals surface area contributed by atoms with Crippen LogP contribution in [0.25, 0.3) is 0 Å². The van der Waals surface area contributed by atoms with Gasteiger partial charge in [-0.2, -0.15) is 13.2 Å². The van der Waals surface area contributed by atoms with Crippen LogP contribution in [0, 0.1) is 0 Å². The van der Waals surface area contributed by atoms with Gasteiger partial charge in [0.05, 0.1) is 18.1 Å². The fourth-order valence-corrected chi connectivity index (χ4v) is 1.94. The predicted octanol–water partition coefficient (Wildman–Crippen LogP) is 4.67. The third-order valence-corrected chi connectivity index (χ3v) is 3.02. The Bertz CT molecular complexity index is 523. The van der Waals surface area contributed by atoms with Gasteiger partial charge in [0.25, 0.3) is 0 Å². The maximum absolute atomic E-state index is 12.5. The average molecular weight is 320 g/mol. The molecule has 1 N–H and O–H groups in total. The average Bonchev–Trinajstić information content (AvgIpc) is 2.79. The second-order valence-corrected chi connectivity index (χ2v) is 4.53. The Morgan fingerprint density at radius 3 is 2.56 bits per heavy atom. The van der Waals surface area contributed by atoms with Crippen molar-refractivity contribution in [1.82, 2.24) is 0 Å². The van der Waals surface area contributed by atoms with Crippen LogP contribution in [0.3, 0.4) is 0 Å². The summed E-state index contributed by atoms with van der Waals surface area (Å²) in [5.41, 5.74) is 0.842. The van der Waals surface area contributed by atoms with E-state index >= 15 is 0 Å². The largest absolute Gasteiger partial charge is 0.472 e. The molecular weight excluding hydrogens is 311 g/mol. The highest BCUT2D eigenvalue weighted by Crippen LogP contribution is 2.34. The van der Waals surface area contributed by atoms with Crippen LogP contribution in [0.15, 0.2) is 45.7 Å². The molecule has 2 nitrogen and oxygen atoms in total. The van der Waals surface area contributed by atoms with Gasteiger partial charge in [0.15, 0.2) is 0 Å². The normalized spacial score (nSPS) is 11.6. The minimum atomic E-state index is -4.33. The molecule has 0 bridgehead atoms. The lowest BCUT2D eigenvalue weighted by atomic mass is 10.2. The van der Waals surface area contributed by atoms with Crippen molar-refractivity contribution >= 4 is 21.6 Å². The SMILES string of the molecule is FC(F)(F)c1ccc(NCc2ccoc2)c(Br)c1. The van der Waals surface area contributed by atoms with E-state index in [2.05, 4.69) is 21.2 Å². The number of benzene rings is 1. The number of hydrogen-bond acceptors (Lipinski definition) is 2. The highest BCUT2D eigenvalue weighted by molar-refractivity contribution is 9.10. The van der Waals surface area contributed by atoms with Gasteiger partial charge in [0.1, 0.15) is 0 Å². The summed E-state index contributed by atoms with van der Waals surface area (Å²) in [5.74, 6) is 0. The number of hydrogen-bond donors (Lipinski definition) is 1. The van der Waals surface area contributed by atoms with Crippen molar-refractivity contribution in [2.45, 2.75) is 12.7 Å². The minimum absolute atomic E-state index is 0.376. The van der Waals surface area contributed by atoms with Gasteiger partial charge < -0.3 is 9.73 Å². The van der Waals surface area contributed by atoms with Gasteiger partial charge in [0.2, 0.25) is 0 Å². The van der Waals surface area contributed by atoms with Crippen LogP contribution < -0.4 is 5.32 Å². The third kappa shape index (κ3) is 3.07. The van der Waals surface area contributed by atoms with E-state index in [0.29, 0.717) is 16.7 Å². The van der Waals surface area contributed by atoms with E-state index in [1.165, 1.54) is 6.07 Å². The molecule has 96 valence electrons. The van der Waals surface area contributed by atoms with Crippen molar-refractivity contribution in [3.05, 3.63) is 52.4 Å². The summed E-state index contributed by atoms with van der Waals surface area (Å²) in [6, 6.07) is 5.28. The molecule has 0 fully saturated rings. The van der Waals surface area contributed by atoms with E-state index in [1.54, 1.807) is 18.6 Å². The molecule has 1 aromatic heterocycles. The van der Waals surface area contributed by atoms with Crippen LogP contribution in [0.5, 0.6) is 0 Å². The van der Waals surface area contributed by atoms with E-state index in [-0.39, 0.29) is 0 Å². The summed E-state index contributed by atoms with van der Waals surface area (Å²) >= 11 is 3.12. The summed E-state index contributed by atoms with van der Waals surface area (Å²) in [5, 5.41) is 3.02. The number of alkyl halides is 3. The van der Waals surface area contributed by atoms with Gasteiger partial charge in [-0.15, -0.1) is 0 Å². The first-order valence-electron chi connectivity index (χ1n) is 5.08. The topological polar surface area (TPSA) is 25.2 Å². The molecule has 6 heteroatoms. The summed E-state index contributed by atoms with van der Waals surface area (Å²) in [6.07, 6.45) is -1.21. The summed E-state index contributed by atoms with van der Waals surface area (Å²) in [6.45, 7) is 0.487. The molecule has 0 atom stereocenters. The second-order valence-electron chi connectivity index (χ2n) is 3.68. The number of nitrogens with one attached hydrogen (secondary N) is 1. The first-order valence-corrected chi connectivity index (χ1v) is 5.88. The van der Waals surface area contributed by atoms with E-state index in [0.717, 1.165) is 17.7 Å². The Balaban J connectivity index is 2.10. The van der Waals surface area contributed by atoms with Gasteiger partial charge in [0, 0.05) is 22.3 Å². The first kappa shape index (κ1) is 13.0. The molecule has 0 amide bonds. The Labute approximate surface area is 110 Å². The number of halogens is 4. The van der Waals surface area contributed by atoms with Gasteiger partial charge in [-0.05, 0) is 40.2 Å². The zero-order valence-corrected chi connectivity index (χ0v) is 10.7. The zero-order chi connectivity index (χ0) is 13.2. The van der Waals surface area contributed by atoms with Crippen LogP contribution in [-0.4, -0.2) is 0 Å². The molecule has 1 heterocycles. The summed E-state index contributed by atoms with van der Waals surface area (Å²) in [7, 11) is 0. The smallest absolute Gasteiger partial charge is 0.416 e. The predicted molar refractivity (Wildman–Crippen MR) is 65.2 cm³/mol. The van der Waals surface area contributed by atoms with Gasteiger partial charge in [-0.3, -0.25) is 0 Å². The zero-order valence-electron chi connectivity index (χ0n) is 9.09. The molecule has 18 heavy (non-hydrogen) atoms. The monoisotopic (exact) mass is 319 g/mol. The van der Waals surface area contributed by atoms with Crippen LogP contribution in [0.2, 0.25) is 0 Å². The van der Waals surface area contributed by atoms with E-state index < -0.39 is 11.7 Å². The van der Waals surface area contributed by atoms with E-state index in [4.69, 9.17) is 4.42 Å². The van der Waals surface area contributed by atoms with Crippen molar-refractivity contribution < 1.29 is 17.6 Å². The van der Waals surface area contributed by atoms with Crippen molar-refractivity contribution in [2.75, 3.05) is 5.32 Å². The fourth-order valence-electron chi connectivity index (χ4n) is 1.43. The third-order valence-electron chi connectivity index (χ3n) is 2.36. The van der Waals surface area contributed by atoms with Crippen LogP contribution in [-0.2, 0) is 12.7 Å². The molecule has 1 aromatic carbocycles. The highest BCUT2D eigenvalue weighted by Gasteiger charge is 2.30. The Morgan fingerprint density at radius 2 is 2.00 bits per heavy atom. The standard InChI is InChI=1S/C12H9BrF3NO/c13-10-5-9(12(14,15)16)1-2-11(10)17-6-8-3-4-18-7-8/h1-5,7,17H,6H2. The van der Waals surface area contributed by atoms with Gasteiger partial charge >= 0.3 is 6.18 Å². The van der Waals surface area contributed by atoms with Crippen LogP contribution >= 0.6 is 15.9 Å². The quantitative estimate of drug-likeness (QED) is 0.889. The lowest BCUT2D eigenvalue weighted by Gasteiger charge is -2.11. The molecule has 0 saturated heterocycles. The Hall–Kier alpha value is -1.43. The number of anilines is 1. The van der Waals surface area contributed by atoms with Crippen molar-refractivity contribution in [3.8, 4) is 0 Å². The molecule has 0 saturated carbocycles. The molecule has 0 spiro atoms. The minimum Gasteiger partial charge on any atom is -0.472 e. The van der Waals surface area contributed by atoms with Crippen LogP contribution in [0.1, 0.15) is 11.1 Å². The molecule has 0 aliphatic rings. The molecule has 0 aliphatic carbocycles. The Morgan fingerprint density at radius 1 is 1.22 bits per heavy atom. The summed E-state index contributed by atoms with van der Waals surface area (Å²) in [4.78, 5) is 0. The molecule has 0 unspecified atom stereocenters. The summed E-state index contributed by atoms with van der Waals surface area (Å²) < 4.78 is 42.6. The van der Waals surface area contributed by atoms with Crippen LogP contribution in [0.4, 0.5) is 18.9 Å². The highest BCUT2D eigenvalue weighted by atomic mass is 79.9. The molecule has 2 aromatic rings. The first-order chi connectivity index (χ1) is 8.47. The van der Waals surface area contributed by atoms with Gasteiger partial charge in [-0.1, -0.05) is 0 Å². The molecular formula is C12H9BrF3NO. The Kier molecular flexibility index (Phi) is 3.65. The second kappa shape index (κ2) is 5.06. The lowest BCUT2D eigenvalue weighted by Crippen LogP contribution is -2.06. The van der Waals surface area contributed by atoms with E-state index in [9.17, 15) is 13.2 Å². The van der Waals surface area contributed by atoms with Gasteiger partial charge in [-0.25, -0.2) is 0 Å². The molecule has 2 rings (SSSR count). The molecule has 0 aliphatic heterocycles. The van der Waals surface area contributed by atoms with E-state index in [1.807, 2.05) is 0 Å². The maximum Gasteiger partial charge on any atom is 0.416 e. The van der Waals surface area contributed by atoms with Crippen molar-refractivity contribution in [1.29, 1.82) is 0 Å². The fraction of sp³-hybridized carbons (Fsp3) is 0.167. The number of furan rings is 1. The number of rotatable bonds is 3. The van der Waals surface area contributed by atoms with Crippen molar-refractivity contribution in [2.24, 2.45) is 0 Å². The van der Waals surface area contributed by atoms with Crippen molar-refractivity contribution in [3.63, 3.8) is 0 Å². The molecule has 0 radical (unpaired) electrons. The lowest BCUT2D eigenvalue weighted by molar-refractivity contribution is -0.137. The maximum atomic E-state index is 12.5.